The Balaban J connectivity index is 1.23. The van der Waals surface area contributed by atoms with Crippen molar-refractivity contribution >= 4 is 5.91 Å². The van der Waals surface area contributed by atoms with Gasteiger partial charge in [0.25, 0.3) is 0 Å². The zero-order chi connectivity index (χ0) is 20.8. The minimum absolute atomic E-state index is 0.210. The number of likely N-dealkylation sites (tertiary alicyclic amines) is 1. The van der Waals surface area contributed by atoms with E-state index in [1.165, 1.54) is 0 Å². The molecule has 0 radical (unpaired) electrons. The van der Waals surface area contributed by atoms with Crippen LogP contribution < -0.4 is 9.47 Å². The Morgan fingerprint density at radius 2 is 2.07 bits per heavy atom. The molecule has 4 rings (SSSR count). The summed E-state index contributed by atoms with van der Waals surface area (Å²) in [7, 11) is 1.64. The van der Waals surface area contributed by atoms with Gasteiger partial charge < -0.3 is 19.1 Å². The van der Waals surface area contributed by atoms with Crippen molar-refractivity contribution in [3.05, 3.63) is 41.7 Å². The molecule has 8 nitrogen and oxygen atoms in total. The molecule has 0 saturated carbocycles. The number of morpholine rings is 1. The SMILES string of the molecule is COc1cccc(OCCc2cc(C3CCN(C(=O)CN4CCOCC4)C3)n[nH]2)c1. The highest BCUT2D eigenvalue weighted by molar-refractivity contribution is 5.78. The van der Waals surface area contributed by atoms with Crippen molar-refractivity contribution in [2.45, 2.75) is 18.8 Å². The van der Waals surface area contributed by atoms with Crippen LogP contribution in [0.4, 0.5) is 0 Å². The summed E-state index contributed by atoms with van der Waals surface area (Å²) in [6.45, 7) is 5.70. The molecule has 3 heterocycles. The lowest BCUT2D eigenvalue weighted by Crippen LogP contribution is -2.44. The number of methoxy groups -OCH3 is 1. The third-order valence-corrected chi connectivity index (χ3v) is 5.75. The van der Waals surface area contributed by atoms with Crippen LogP contribution in [-0.2, 0) is 16.0 Å². The molecule has 8 heteroatoms. The average Bonchev–Trinajstić information content (AvgIpc) is 3.44. The molecule has 2 aromatic rings. The summed E-state index contributed by atoms with van der Waals surface area (Å²) in [5.74, 6) is 2.08. The zero-order valence-electron chi connectivity index (χ0n) is 17.5. The van der Waals surface area contributed by atoms with E-state index >= 15 is 0 Å². The number of ether oxygens (including phenoxy) is 3. The summed E-state index contributed by atoms with van der Waals surface area (Å²) in [5.41, 5.74) is 2.08. The highest BCUT2D eigenvalue weighted by atomic mass is 16.5. The fourth-order valence-corrected chi connectivity index (χ4v) is 3.97. The molecule has 0 spiro atoms. The smallest absolute Gasteiger partial charge is 0.236 e. The third kappa shape index (κ3) is 5.31. The Labute approximate surface area is 177 Å². The zero-order valence-corrected chi connectivity index (χ0v) is 17.5. The summed E-state index contributed by atoms with van der Waals surface area (Å²) >= 11 is 0. The maximum atomic E-state index is 12.6. The number of carbonyl (C=O) groups excluding carboxylic acids is 1. The van der Waals surface area contributed by atoms with E-state index in [4.69, 9.17) is 14.2 Å². The lowest BCUT2D eigenvalue weighted by atomic mass is 10.0. The van der Waals surface area contributed by atoms with Gasteiger partial charge in [0.2, 0.25) is 5.91 Å². The predicted octanol–water partition coefficient (Wildman–Crippen LogP) is 1.69. The molecule has 1 N–H and O–H groups in total. The highest BCUT2D eigenvalue weighted by Crippen LogP contribution is 2.26. The monoisotopic (exact) mass is 414 g/mol. The van der Waals surface area contributed by atoms with E-state index in [-0.39, 0.29) is 5.91 Å². The molecule has 1 aromatic carbocycles. The highest BCUT2D eigenvalue weighted by Gasteiger charge is 2.29. The maximum absolute atomic E-state index is 12.6. The molecule has 2 aliphatic rings. The van der Waals surface area contributed by atoms with Crippen LogP contribution >= 0.6 is 0 Å². The molecule has 0 bridgehead atoms. The maximum Gasteiger partial charge on any atom is 0.236 e. The summed E-state index contributed by atoms with van der Waals surface area (Å²) < 4.78 is 16.4. The van der Waals surface area contributed by atoms with Crippen molar-refractivity contribution < 1.29 is 19.0 Å². The van der Waals surface area contributed by atoms with Crippen molar-refractivity contribution in [1.29, 1.82) is 0 Å². The summed E-state index contributed by atoms with van der Waals surface area (Å²) in [5, 5.41) is 7.62. The first kappa shape index (κ1) is 20.7. The predicted molar refractivity (Wildman–Crippen MR) is 112 cm³/mol. The van der Waals surface area contributed by atoms with Crippen LogP contribution in [0.3, 0.4) is 0 Å². The molecule has 0 aliphatic carbocycles. The minimum Gasteiger partial charge on any atom is -0.497 e. The van der Waals surface area contributed by atoms with Crippen LogP contribution in [-0.4, -0.2) is 85.6 Å². The lowest BCUT2D eigenvalue weighted by Gasteiger charge is -2.28. The van der Waals surface area contributed by atoms with E-state index in [0.717, 1.165) is 61.9 Å². The number of rotatable bonds is 8. The molecule has 1 aromatic heterocycles. The molecule has 1 amide bonds. The fourth-order valence-electron chi connectivity index (χ4n) is 3.97. The van der Waals surface area contributed by atoms with Crippen LogP contribution in [0.5, 0.6) is 11.5 Å². The van der Waals surface area contributed by atoms with Gasteiger partial charge in [-0.2, -0.15) is 5.10 Å². The van der Waals surface area contributed by atoms with Gasteiger partial charge in [0.1, 0.15) is 11.5 Å². The van der Waals surface area contributed by atoms with E-state index in [1.807, 2.05) is 29.2 Å². The summed E-state index contributed by atoms with van der Waals surface area (Å²) in [6.07, 6.45) is 1.70. The first-order chi connectivity index (χ1) is 14.7. The van der Waals surface area contributed by atoms with Gasteiger partial charge in [-0.25, -0.2) is 0 Å². The van der Waals surface area contributed by atoms with Gasteiger partial charge in [0, 0.05) is 50.3 Å². The largest absolute Gasteiger partial charge is 0.497 e. The Kier molecular flexibility index (Phi) is 6.86. The van der Waals surface area contributed by atoms with E-state index in [9.17, 15) is 4.79 Å². The van der Waals surface area contributed by atoms with Crippen LogP contribution in [0.25, 0.3) is 0 Å². The van der Waals surface area contributed by atoms with Gasteiger partial charge in [0.15, 0.2) is 0 Å². The third-order valence-electron chi connectivity index (χ3n) is 5.75. The normalized spacial score (nSPS) is 19.8. The molecule has 1 unspecified atom stereocenters. The Bertz CT molecular complexity index is 834. The Morgan fingerprint density at radius 1 is 1.23 bits per heavy atom. The number of nitrogens with one attached hydrogen (secondary N) is 1. The first-order valence-corrected chi connectivity index (χ1v) is 10.6. The van der Waals surface area contributed by atoms with Crippen molar-refractivity contribution in [3.63, 3.8) is 0 Å². The van der Waals surface area contributed by atoms with Crippen molar-refractivity contribution in [2.24, 2.45) is 0 Å². The second-order valence-electron chi connectivity index (χ2n) is 7.81. The standard InChI is InChI=1S/C22H30N4O4/c1-28-19-3-2-4-20(14-19)30-10-6-18-13-21(24-23-18)17-5-7-26(15-17)22(27)16-25-8-11-29-12-9-25/h2-4,13-14,17H,5-12,15-16H2,1H3,(H,23,24). The second kappa shape index (κ2) is 9.95. The number of amides is 1. The summed E-state index contributed by atoms with van der Waals surface area (Å²) in [4.78, 5) is 16.8. The number of aromatic amines is 1. The van der Waals surface area contributed by atoms with Crippen LogP contribution in [0, 0.1) is 0 Å². The van der Waals surface area contributed by atoms with E-state index in [1.54, 1.807) is 7.11 Å². The molecular weight excluding hydrogens is 384 g/mol. The number of carbonyl (C=O) groups is 1. The van der Waals surface area contributed by atoms with Crippen molar-refractivity contribution in [2.75, 3.05) is 59.7 Å². The second-order valence-corrected chi connectivity index (χ2v) is 7.81. The van der Waals surface area contributed by atoms with Gasteiger partial charge in [-0.3, -0.25) is 14.8 Å². The van der Waals surface area contributed by atoms with Gasteiger partial charge >= 0.3 is 0 Å². The molecule has 162 valence electrons. The number of hydrogen-bond donors (Lipinski definition) is 1. The van der Waals surface area contributed by atoms with Crippen molar-refractivity contribution in [1.82, 2.24) is 20.0 Å². The summed E-state index contributed by atoms with van der Waals surface area (Å²) in [6, 6.07) is 9.70. The van der Waals surface area contributed by atoms with Gasteiger partial charge in [-0.05, 0) is 24.6 Å². The number of nitrogens with zero attached hydrogens (tertiary/aromatic N) is 3. The molecule has 30 heavy (non-hydrogen) atoms. The van der Waals surface area contributed by atoms with E-state index < -0.39 is 0 Å². The molecule has 2 aliphatic heterocycles. The van der Waals surface area contributed by atoms with Crippen LogP contribution in [0.15, 0.2) is 30.3 Å². The Morgan fingerprint density at radius 3 is 2.90 bits per heavy atom. The number of hydrogen-bond acceptors (Lipinski definition) is 6. The first-order valence-electron chi connectivity index (χ1n) is 10.6. The minimum atomic E-state index is 0.210. The Hall–Kier alpha value is -2.58. The van der Waals surface area contributed by atoms with Gasteiger partial charge in [0.05, 0.1) is 39.2 Å². The topological polar surface area (TPSA) is 79.9 Å². The van der Waals surface area contributed by atoms with Crippen LogP contribution in [0.2, 0.25) is 0 Å². The molecule has 1 atom stereocenters. The number of aromatic nitrogens is 2. The van der Waals surface area contributed by atoms with Gasteiger partial charge in [-0.1, -0.05) is 6.07 Å². The van der Waals surface area contributed by atoms with Crippen molar-refractivity contribution in [3.8, 4) is 11.5 Å². The van der Waals surface area contributed by atoms with E-state index in [2.05, 4.69) is 21.2 Å². The quantitative estimate of drug-likeness (QED) is 0.708. The molecule has 2 fully saturated rings. The number of H-pyrrole nitrogens is 1. The number of benzene rings is 1. The van der Waals surface area contributed by atoms with E-state index in [0.29, 0.717) is 32.3 Å². The van der Waals surface area contributed by atoms with Gasteiger partial charge in [-0.15, -0.1) is 0 Å². The fraction of sp³-hybridized carbons (Fsp3) is 0.545. The average molecular weight is 415 g/mol. The van der Waals surface area contributed by atoms with Crippen LogP contribution in [0.1, 0.15) is 23.7 Å². The lowest BCUT2D eigenvalue weighted by molar-refractivity contribution is -0.132. The molecular formula is C22H30N4O4. The molecule has 2 saturated heterocycles.